The molecular formula is C21H20N2O4. The lowest BCUT2D eigenvalue weighted by molar-refractivity contribution is -0.0755. The molecule has 3 aromatic rings. The first-order chi connectivity index (χ1) is 13.3. The number of aromatic nitrogens is 1. The summed E-state index contributed by atoms with van der Waals surface area (Å²) in [7, 11) is 0. The van der Waals surface area contributed by atoms with Gasteiger partial charge in [0.15, 0.2) is 17.3 Å². The minimum absolute atomic E-state index is 0.124. The highest BCUT2D eigenvalue weighted by Crippen LogP contribution is 2.33. The molecule has 6 nitrogen and oxygen atoms in total. The van der Waals surface area contributed by atoms with E-state index >= 15 is 0 Å². The third-order valence-electron chi connectivity index (χ3n) is 5.00. The fraction of sp³-hybridized carbons (Fsp3) is 0.286. The molecule has 2 aliphatic rings. The number of rotatable bonds is 6. The molecule has 1 aromatic heterocycles. The molecule has 0 amide bonds. The quantitative estimate of drug-likeness (QED) is 0.725. The van der Waals surface area contributed by atoms with Gasteiger partial charge >= 0.3 is 0 Å². The number of hydrogen-bond donors (Lipinski definition) is 1. The molecule has 0 spiro atoms. The predicted octanol–water partition coefficient (Wildman–Crippen LogP) is 3.17. The van der Waals surface area contributed by atoms with E-state index in [4.69, 9.17) is 18.7 Å². The van der Waals surface area contributed by atoms with Gasteiger partial charge in [0.1, 0.15) is 0 Å². The number of hydrogen-bond acceptors (Lipinski definition) is 6. The average molecular weight is 364 g/mol. The molecule has 6 heteroatoms. The molecular weight excluding hydrogens is 344 g/mol. The van der Waals surface area contributed by atoms with E-state index in [0.717, 1.165) is 47.0 Å². The van der Waals surface area contributed by atoms with E-state index in [2.05, 4.69) is 16.5 Å². The number of benzene rings is 2. The summed E-state index contributed by atoms with van der Waals surface area (Å²) in [4.78, 5) is 0. The molecule has 0 unspecified atom stereocenters. The normalized spacial score (nSPS) is 16.9. The second-order valence-electron chi connectivity index (χ2n) is 7.04. The van der Waals surface area contributed by atoms with Crippen molar-refractivity contribution >= 4 is 0 Å². The van der Waals surface area contributed by atoms with Crippen LogP contribution in [0.5, 0.6) is 11.5 Å². The van der Waals surface area contributed by atoms with Crippen LogP contribution < -0.4 is 14.8 Å². The maximum absolute atomic E-state index is 5.53. The van der Waals surface area contributed by atoms with E-state index < -0.39 is 0 Å². The fourth-order valence-electron chi connectivity index (χ4n) is 3.44. The van der Waals surface area contributed by atoms with Crippen molar-refractivity contribution in [3.8, 4) is 22.8 Å². The molecule has 0 aliphatic carbocycles. The summed E-state index contributed by atoms with van der Waals surface area (Å²) in [6.45, 7) is 2.33. The summed E-state index contributed by atoms with van der Waals surface area (Å²) in [6.07, 6.45) is 0.758. The Kier molecular flexibility index (Phi) is 4.07. The first kappa shape index (κ1) is 16.4. The van der Waals surface area contributed by atoms with Crippen molar-refractivity contribution in [3.63, 3.8) is 0 Å². The van der Waals surface area contributed by atoms with Gasteiger partial charge in [-0.15, -0.1) is 0 Å². The van der Waals surface area contributed by atoms with Crippen molar-refractivity contribution in [2.75, 3.05) is 20.0 Å². The van der Waals surface area contributed by atoms with Gasteiger partial charge in [-0.3, -0.25) is 0 Å². The lowest BCUT2D eigenvalue weighted by atomic mass is 9.90. The van der Waals surface area contributed by atoms with E-state index in [1.54, 1.807) is 0 Å². The Morgan fingerprint density at radius 1 is 0.963 bits per heavy atom. The highest BCUT2D eigenvalue weighted by molar-refractivity contribution is 5.57. The van der Waals surface area contributed by atoms with E-state index in [1.165, 1.54) is 0 Å². The molecule has 1 saturated heterocycles. The standard InChI is InChI=1S/C21H20N2O4/c1-2-4-16(5-3-1)19-9-17(23-27-19)10-21(12-24-13-21)22-11-15-6-7-18-20(8-15)26-14-25-18/h1-9,22H,10-14H2. The average Bonchev–Trinajstić information content (AvgIpc) is 3.33. The Morgan fingerprint density at radius 2 is 1.81 bits per heavy atom. The molecule has 1 fully saturated rings. The van der Waals surface area contributed by atoms with Gasteiger partial charge in [-0.05, 0) is 17.7 Å². The third kappa shape index (κ3) is 3.29. The van der Waals surface area contributed by atoms with Crippen LogP contribution in [-0.2, 0) is 17.7 Å². The van der Waals surface area contributed by atoms with E-state index in [0.29, 0.717) is 20.0 Å². The Balaban J connectivity index is 1.27. The highest BCUT2D eigenvalue weighted by Gasteiger charge is 2.39. The number of fused-ring (bicyclic) bond motifs is 1. The van der Waals surface area contributed by atoms with Crippen LogP contribution in [0.1, 0.15) is 11.3 Å². The van der Waals surface area contributed by atoms with Crippen LogP contribution in [-0.4, -0.2) is 30.7 Å². The molecule has 2 aromatic carbocycles. The maximum atomic E-state index is 5.53. The molecule has 0 radical (unpaired) electrons. The second-order valence-corrected chi connectivity index (χ2v) is 7.04. The number of nitrogens with one attached hydrogen (secondary N) is 1. The summed E-state index contributed by atoms with van der Waals surface area (Å²) in [5.74, 6) is 2.39. The summed E-state index contributed by atoms with van der Waals surface area (Å²) in [6, 6.07) is 18.0. The van der Waals surface area contributed by atoms with Gasteiger partial charge in [-0.25, -0.2) is 0 Å². The lowest BCUT2D eigenvalue weighted by Crippen LogP contribution is -2.61. The van der Waals surface area contributed by atoms with Crippen LogP contribution in [0.25, 0.3) is 11.3 Å². The van der Waals surface area contributed by atoms with Crippen molar-refractivity contribution in [1.29, 1.82) is 0 Å². The first-order valence-electron chi connectivity index (χ1n) is 9.02. The zero-order chi connectivity index (χ0) is 18.1. The maximum Gasteiger partial charge on any atom is 0.231 e. The van der Waals surface area contributed by atoms with Crippen molar-refractivity contribution < 1.29 is 18.7 Å². The van der Waals surface area contributed by atoms with Gasteiger partial charge in [0.05, 0.1) is 24.4 Å². The summed E-state index contributed by atoms with van der Waals surface area (Å²) < 4.78 is 21.9. The van der Waals surface area contributed by atoms with Crippen molar-refractivity contribution in [2.45, 2.75) is 18.5 Å². The molecule has 0 saturated carbocycles. The van der Waals surface area contributed by atoms with Crippen LogP contribution in [0.4, 0.5) is 0 Å². The van der Waals surface area contributed by atoms with Gasteiger partial charge < -0.3 is 24.1 Å². The smallest absolute Gasteiger partial charge is 0.231 e. The molecule has 0 bridgehead atoms. The topological polar surface area (TPSA) is 65.8 Å². The molecule has 27 heavy (non-hydrogen) atoms. The largest absolute Gasteiger partial charge is 0.454 e. The SMILES string of the molecule is c1ccc(-c2cc(CC3(NCc4ccc5c(c4)OCO5)COC3)no2)cc1. The molecule has 5 rings (SSSR count). The van der Waals surface area contributed by atoms with E-state index in [9.17, 15) is 0 Å². The lowest BCUT2D eigenvalue weighted by Gasteiger charge is -2.42. The minimum atomic E-state index is -0.124. The van der Waals surface area contributed by atoms with Crippen LogP contribution >= 0.6 is 0 Å². The fourth-order valence-corrected chi connectivity index (χ4v) is 3.44. The Morgan fingerprint density at radius 3 is 2.63 bits per heavy atom. The van der Waals surface area contributed by atoms with Crippen LogP contribution in [0.15, 0.2) is 59.1 Å². The highest BCUT2D eigenvalue weighted by atomic mass is 16.7. The Bertz CT molecular complexity index is 934. The zero-order valence-electron chi connectivity index (χ0n) is 14.8. The molecule has 2 aliphatic heterocycles. The Labute approximate surface area is 157 Å². The van der Waals surface area contributed by atoms with Crippen LogP contribution in [0, 0.1) is 0 Å². The number of nitrogens with zero attached hydrogens (tertiary/aromatic N) is 1. The molecule has 0 atom stereocenters. The minimum Gasteiger partial charge on any atom is -0.454 e. The van der Waals surface area contributed by atoms with Gasteiger partial charge in [0.25, 0.3) is 0 Å². The summed E-state index contributed by atoms with van der Waals surface area (Å²) in [5, 5.41) is 7.89. The van der Waals surface area contributed by atoms with Gasteiger partial charge in [0, 0.05) is 24.6 Å². The van der Waals surface area contributed by atoms with E-state index in [-0.39, 0.29) is 5.54 Å². The van der Waals surface area contributed by atoms with Crippen LogP contribution in [0.3, 0.4) is 0 Å². The van der Waals surface area contributed by atoms with Gasteiger partial charge in [-0.2, -0.15) is 0 Å². The van der Waals surface area contributed by atoms with Crippen molar-refractivity contribution in [3.05, 3.63) is 65.9 Å². The summed E-state index contributed by atoms with van der Waals surface area (Å²) >= 11 is 0. The van der Waals surface area contributed by atoms with Gasteiger partial charge in [-0.1, -0.05) is 41.6 Å². The van der Waals surface area contributed by atoms with Crippen LogP contribution in [0.2, 0.25) is 0 Å². The third-order valence-corrected chi connectivity index (χ3v) is 5.00. The zero-order valence-corrected chi connectivity index (χ0v) is 14.8. The van der Waals surface area contributed by atoms with Gasteiger partial charge in [0.2, 0.25) is 6.79 Å². The molecule has 138 valence electrons. The molecule has 3 heterocycles. The Hall–Kier alpha value is -2.83. The number of ether oxygens (including phenoxy) is 3. The monoisotopic (exact) mass is 364 g/mol. The van der Waals surface area contributed by atoms with E-state index in [1.807, 2.05) is 48.5 Å². The van der Waals surface area contributed by atoms with Crippen molar-refractivity contribution in [2.24, 2.45) is 0 Å². The predicted molar refractivity (Wildman–Crippen MR) is 98.6 cm³/mol. The summed E-state index contributed by atoms with van der Waals surface area (Å²) in [5.41, 5.74) is 2.98. The second kappa shape index (κ2) is 6.72. The first-order valence-corrected chi connectivity index (χ1v) is 9.02. The molecule has 1 N–H and O–H groups in total. The van der Waals surface area contributed by atoms with Crippen molar-refractivity contribution in [1.82, 2.24) is 10.5 Å².